The monoisotopic (exact) mass is 604 g/mol. The zero-order valence-electron chi connectivity index (χ0n) is 26.8. The van der Waals surface area contributed by atoms with E-state index in [1.807, 2.05) is 73.1 Å². The third-order valence-corrected chi connectivity index (χ3v) is 9.99. The molecule has 2 atom stereocenters. The molecule has 43 heavy (non-hydrogen) atoms. The lowest BCUT2D eigenvalue weighted by atomic mass is 9.88. The topological polar surface area (TPSA) is 94.5 Å². The molecule has 2 N–H and O–H groups in total. The van der Waals surface area contributed by atoms with Crippen molar-refractivity contribution in [1.29, 1.82) is 0 Å². The van der Waals surface area contributed by atoms with Gasteiger partial charge in [0.15, 0.2) is 0 Å². The Morgan fingerprint density at radius 2 is 1.72 bits per heavy atom. The minimum Gasteiger partial charge on any atom is -0.445 e. The number of hydrogen-bond donors (Lipinski definition) is 2. The van der Waals surface area contributed by atoms with E-state index in [1.54, 1.807) is 0 Å². The Morgan fingerprint density at radius 1 is 1.05 bits per heavy atom. The van der Waals surface area contributed by atoms with Gasteiger partial charge in [0, 0.05) is 31.6 Å². The molecule has 1 fully saturated rings. The molecular formula is C34H48N4O4Si. The first kappa shape index (κ1) is 32.5. The number of alkyl carbamates (subject to hydrolysis) is 1. The van der Waals surface area contributed by atoms with Crippen molar-refractivity contribution in [3.05, 3.63) is 71.5 Å². The summed E-state index contributed by atoms with van der Waals surface area (Å²) in [5.74, 6) is -0.308. The zero-order valence-corrected chi connectivity index (χ0v) is 27.8. The number of carbonyl (C=O) groups is 2. The van der Waals surface area contributed by atoms with E-state index in [0.29, 0.717) is 12.4 Å². The number of amides is 2. The van der Waals surface area contributed by atoms with Crippen LogP contribution in [0.15, 0.2) is 54.6 Å². The first-order valence-electron chi connectivity index (χ1n) is 15.3. The maximum Gasteiger partial charge on any atom is 0.408 e. The second kappa shape index (κ2) is 13.9. The summed E-state index contributed by atoms with van der Waals surface area (Å²) in [6, 6.07) is 17.7. The van der Waals surface area contributed by atoms with Crippen LogP contribution >= 0.6 is 0 Å². The van der Waals surface area contributed by atoms with Crippen molar-refractivity contribution in [2.75, 3.05) is 11.9 Å². The highest BCUT2D eigenvalue weighted by Gasteiger charge is 2.41. The zero-order chi connectivity index (χ0) is 31.2. The van der Waals surface area contributed by atoms with Crippen LogP contribution in [0.25, 0.3) is 11.1 Å². The summed E-state index contributed by atoms with van der Waals surface area (Å²) in [7, 11) is -1.14. The van der Waals surface area contributed by atoms with E-state index in [-0.39, 0.29) is 23.8 Å². The number of anilines is 1. The molecule has 4 rings (SSSR count). The Morgan fingerprint density at radius 3 is 2.35 bits per heavy atom. The third kappa shape index (κ3) is 9.53. The Hall–Kier alpha value is -3.43. The molecule has 0 bridgehead atoms. The van der Waals surface area contributed by atoms with Crippen molar-refractivity contribution in [3.63, 3.8) is 0 Å². The van der Waals surface area contributed by atoms with Crippen LogP contribution < -0.4 is 10.6 Å². The molecule has 1 aliphatic carbocycles. The van der Waals surface area contributed by atoms with Gasteiger partial charge in [-0.3, -0.25) is 4.79 Å². The van der Waals surface area contributed by atoms with Crippen LogP contribution in [-0.2, 0) is 27.6 Å². The van der Waals surface area contributed by atoms with Gasteiger partial charge in [-0.15, -0.1) is 0 Å². The Kier molecular flexibility index (Phi) is 10.5. The molecule has 0 saturated heterocycles. The molecule has 9 heteroatoms. The van der Waals surface area contributed by atoms with Gasteiger partial charge in [0.05, 0.1) is 5.69 Å². The summed E-state index contributed by atoms with van der Waals surface area (Å²) in [6.45, 7) is 16.7. The van der Waals surface area contributed by atoms with Gasteiger partial charge < -0.3 is 20.1 Å². The standard InChI is InChI=1S/C34H48N4O4Si/c1-24(21-34(4)17-18-34)31(36-33(40)42-22-27-11-9-8-10-12-27)32(39)35-29-15-13-28(14-16-29)30-25(2)37-38(26(30)3)23-41-19-20-43(5,6)7/h8-16,24,31H,17-23H2,1-7H3,(H,35,39)(H,36,40)/t24-,31-/m0/s1. The fourth-order valence-electron chi connectivity index (χ4n) is 5.38. The predicted octanol–water partition coefficient (Wildman–Crippen LogP) is 7.54. The van der Waals surface area contributed by atoms with E-state index in [9.17, 15) is 9.59 Å². The maximum absolute atomic E-state index is 13.5. The normalized spacial score (nSPS) is 15.4. The molecule has 2 amide bonds. The summed E-state index contributed by atoms with van der Waals surface area (Å²) >= 11 is 0. The summed E-state index contributed by atoms with van der Waals surface area (Å²) < 4.78 is 13.3. The molecule has 1 saturated carbocycles. The minimum absolute atomic E-state index is 0.0554. The van der Waals surface area contributed by atoms with Crippen LogP contribution in [0.5, 0.6) is 0 Å². The quantitative estimate of drug-likeness (QED) is 0.146. The number of benzene rings is 2. The molecule has 1 heterocycles. The molecule has 3 aromatic rings. The highest BCUT2D eigenvalue weighted by atomic mass is 28.3. The molecule has 232 valence electrons. The number of carbonyl (C=O) groups excluding carboxylic acids is 2. The molecule has 8 nitrogen and oxygen atoms in total. The summed E-state index contributed by atoms with van der Waals surface area (Å²) in [6.07, 6.45) is 2.55. The van der Waals surface area contributed by atoms with Gasteiger partial charge in [-0.05, 0) is 73.7 Å². The molecule has 1 aromatic heterocycles. The van der Waals surface area contributed by atoms with Crippen LogP contribution in [-0.4, -0.2) is 42.5 Å². The van der Waals surface area contributed by atoms with Gasteiger partial charge in [0.25, 0.3) is 0 Å². The van der Waals surface area contributed by atoms with Gasteiger partial charge in [0.2, 0.25) is 5.91 Å². The van der Waals surface area contributed by atoms with Gasteiger partial charge in [0.1, 0.15) is 19.4 Å². The lowest BCUT2D eigenvalue weighted by Crippen LogP contribution is -2.48. The number of ether oxygens (including phenoxy) is 2. The van der Waals surface area contributed by atoms with Crippen LogP contribution in [0.2, 0.25) is 25.7 Å². The second-order valence-electron chi connectivity index (χ2n) is 13.6. The molecule has 0 spiro atoms. The molecule has 0 aliphatic heterocycles. The fraction of sp³-hybridized carbons (Fsp3) is 0.500. The van der Waals surface area contributed by atoms with E-state index in [2.05, 4.69) is 44.1 Å². The summed E-state index contributed by atoms with van der Waals surface area (Å²) in [5, 5.41) is 10.6. The molecule has 2 aromatic carbocycles. The van der Waals surface area contributed by atoms with Gasteiger partial charge >= 0.3 is 6.09 Å². The minimum atomic E-state index is -1.14. The van der Waals surface area contributed by atoms with Crippen molar-refractivity contribution < 1.29 is 19.1 Å². The first-order chi connectivity index (χ1) is 20.3. The largest absolute Gasteiger partial charge is 0.445 e. The van der Waals surface area contributed by atoms with E-state index >= 15 is 0 Å². The Labute approximate surface area is 257 Å². The van der Waals surface area contributed by atoms with Crippen molar-refractivity contribution in [2.24, 2.45) is 11.3 Å². The van der Waals surface area contributed by atoms with Crippen LogP contribution in [0.3, 0.4) is 0 Å². The smallest absolute Gasteiger partial charge is 0.408 e. The average molecular weight is 605 g/mol. The summed E-state index contributed by atoms with van der Waals surface area (Å²) in [4.78, 5) is 26.3. The van der Waals surface area contributed by atoms with E-state index in [4.69, 9.17) is 14.6 Å². The molecule has 0 unspecified atom stereocenters. The van der Waals surface area contributed by atoms with E-state index in [1.165, 1.54) is 0 Å². The number of nitrogens with one attached hydrogen (secondary N) is 2. The van der Waals surface area contributed by atoms with Crippen molar-refractivity contribution >= 4 is 25.8 Å². The van der Waals surface area contributed by atoms with Gasteiger partial charge in [-0.1, -0.05) is 76.0 Å². The molecular weight excluding hydrogens is 556 g/mol. The maximum atomic E-state index is 13.5. The number of rotatable bonds is 14. The van der Waals surface area contributed by atoms with Crippen molar-refractivity contribution in [2.45, 2.75) is 92.0 Å². The Balaban J connectivity index is 1.40. The van der Waals surface area contributed by atoms with Gasteiger partial charge in [-0.2, -0.15) is 5.10 Å². The van der Waals surface area contributed by atoms with Gasteiger partial charge in [-0.25, -0.2) is 9.48 Å². The summed E-state index contributed by atoms with van der Waals surface area (Å²) in [5.41, 5.74) is 5.86. The molecule has 1 aliphatic rings. The Bertz CT molecular complexity index is 1380. The van der Waals surface area contributed by atoms with Crippen molar-refractivity contribution in [3.8, 4) is 11.1 Å². The van der Waals surface area contributed by atoms with Crippen LogP contribution in [0.4, 0.5) is 10.5 Å². The third-order valence-electron chi connectivity index (χ3n) is 8.29. The lowest BCUT2D eigenvalue weighted by Gasteiger charge is -2.26. The SMILES string of the molecule is Cc1nn(COCC[Si](C)(C)C)c(C)c1-c1ccc(NC(=O)[C@@H](NC(=O)OCc2ccccc2)[C@@H](C)CC2(C)CC2)cc1. The van der Waals surface area contributed by atoms with Crippen LogP contribution in [0.1, 0.15) is 50.1 Å². The average Bonchev–Trinajstić information content (AvgIpc) is 3.61. The number of nitrogens with zero attached hydrogens (tertiary/aromatic N) is 2. The highest BCUT2D eigenvalue weighted by Crippen LogP contribution is 2.50. The fourth-order valence-corrected chi connectivity index (χ4v) is 6.14. The number of hydrogen-bond acceptors (Lipinski definition) is 5. The lowest BCUT2D eigenvalue weighted by molar-refractivity contribution is -0.119. The highest BCUT2D eigenvalue weighted by molar-refractivity contribution is 6.76. The van der Waals surface area contributed by atoms with E-state index in [0.717, 1.165) is 60.0 Å². The van der Waals surface area contributed by atoms with Crippen molar-refractivity contribution in [1.82, 2.24) is 15.1 Å². The molecule has 0 radical (unpaired) electrons. The van der Waals surface area contributed by atoms with Crippen LogP contribution in [0, 0.1) is 25.2 Å². The predicted molar refractivity (Wildman–Crippen MR) is 175 cm³/mol. The first-order valence-corrected chi connectivity index (χ1v) is 19.0. The number of aromatic nitrogens is 2. The second-order valence-corrected chi connectivity index (χ2v) is 19.3. The number of aryl methyl sites for hydroxylation is 1. The van der Waals surface area contributed by atoms with E-state index < -0.39 is 20.2 Å².